The second-order valence-electron chi connectivity index (χ2n) is 4.26. The fourth-order valence-electron chi connectivity index (χ4n) is 1.84. The highest BCUT2D eigenvalue weighted by Crippen LogP contribution is 2.30. The van der Waals surface area contributed by atoms with Crippen LogP contribution in [0, 0.1) is 5.82 Å². The van der Waals surface area contributed by atoms with Crippen molar-refractivity contribution in [2.45, 2.75) is 12.4 Å². The van der Waals surface area contributed by atoms with Crippen LogP contribution in [0.4, 0.5) is 17.6 Å². The average molecular weight is 364 g/mol. The van der Waals surface area contributed by atoms with E-state index in [1.165, 1.54) is 36.4 Å². The molecule has 0 amide bonds. The van der Waals surface area contributed by atoms with Gasteiger partial charge in [-0.05, 0) is 41.5 Å². The molecular formula is C14H10BrF4NO. The van der Waals surface area contributed by atoms with Crippen molar-refractivity contribution >= 4 is 15.9 Å². The van der Waals surface area contributed by atoms with Crippen molar-refractivity contribution in [2.24, 2.45) is 5.73 Å². The molecular weight excluding hydrogens is 354 g/mol. The highest BCUT2D eigenvalue weighted by atomic mass is 79.9. The van der Waals surface area contributed by atoms with E-state index in [0.717, 1.165) is 0 Å². The Morgan fingerprint density at radius 2 is 1.81 bits per heavy atom. The summed E-state index contributed by atoms with van der Waals surface area (Å²) in [5.41, 5.74) is 6.79. The van der Waals surface area contributed by atoms with Gasteiger partial charge in [-0.3, -0.25) is 0 Å². The van der Waals surface area contributed by atoms with Crippen molar-refractivity contribution < 1.29 is 22.3 Å². The second-order valence-corrected chi connectivity index (χ2v) is 5.12. The topological polar surface area (TPSA) is 35.2 Å². The largest absolute Gasteiger partial charge is 0.573 e. The van der Waals surface area contributed by atoms with Crippen molar-refractivity contribution in [3.63, 3.8) is 0 Å². The molecule has 0 saturated heterocycles. The highest BCUT2D eigenvalue weighted by molar-refractivity contribution is 9.10. The number of halogens is 5. The van der Waals surface area contributed by atoms with Crippen LogP contribution in [0.25, 0.3) is 0 Å². The Balaban J connectivity index is 2.33. The van der Waals surface area contributed by atoms with Gasteiger partial charge in [0.15, 0.2) is 0 Å². The third-order valence-corrected chi connectivity index (χ3v) is 3.47. The zero-order valence-electron chi connectivity index (χ0n) is 10.5. The fourth-order valence-corrected chi connectivity index (χ4v) is 2.33. The van der Waals surface area contributed by atoms with Crippen LogP contribution in [0.3, 0.4) is 0 Å². The number of nitrogens with two attached hydrogens (primary N) is 1. The van der Waals surface area contributed by atoms with E-state index in [2.05, 4.69) is 20.7 Å². The molecule has 0 spiro atoms. The summed E-state index contributed by atoms with van der Waals surface area (Å²) in [6.07, 6.45) is -4.78. The van der Waals surface area contributed by atoms with E-state index in [9.17, 15) is 17.6 Å². The van der Waals surface area contributed by atoms with Gasteiger partial charge in [-0.1, -0.05) is 28.1 Å². The second kappa shape index (κ2) is 6.03. The predicted octanol–water partition coefficient (Wildman–Crippen LogP) is 4.53. The van der Waals surface area contributed by atoms with E-state index in [1.807, 2.05) is 0 Å². The van der Waals surface area contributed by atoms with Crippen LogP contribution in [-0.4, -0.2) is 6.36 Å². The number of ether oxygens (including phenoxy) is 1. The van der Waals surface area contributed by atoms with Crippen LogP contribution < -0.4 is 10.5 Å². The Labute approximate surface area is 126 Å². The third kappa shape index (κ3) is 4.18. The molecule has 2 rings (SSSR count). The van der Waals surface area contributed by atoms with Gasteiger partial charge in [0.05, 0.1) is 6.04 Å². The standard InChI is InChI=1S/C14H10BrF4NO/c15-12-5-4-9(16)7-11(12)13(20)8-2-1-3-10(6-8)21-14(17,18)19/h1-7,13H,20H2. The number of hydrogen-bond donors (Lipinski definition) is 1. The number of rotatable bonds is 3. The Morgan fingerprint density at radius 3 is 2.48 bits per heavy atom. The zero-order valence-corrected chi connectivity index (χ0v) is 12.1. The van der Waals surface area contributed by atoms with Gasteiger partial charge in [0.2, 0.25) is 0 Å². The molecule has 0 aliphatic carbocycles. The molecule has 0 fully saturated rings. The lowest BCUT2D eigenvalue weighted by Gasteiger charge is -2.16. The van der Waals surface area contributed by atoms with E-state index in [4.69, 9.17) is 5.73 Å². The average Bonchev–Trinajstić information content (AvgIpc) is 2.39. The molecule has 2 N–H and O–H groups in total. The van der Waals surface area contributed by atoms with E-state index < -0.39 is 18.2 Å². The Kier molecular flexibility index (Phi) is 4.53. The van der Waals surface area contributed by atoms with Crippen molar-refractivity contribution in [1.29, 1.82) is 0 Å². The molecule has 0 heterocycles. The molecule has 0 aliphatic rings. The van der Waals surface area contributed by atoms with E-state index in [1.54, 1.807) is 6.07 Å². The van der Waals surface area contributed by atoms with Crippen molar-refractivity contribution in [1.82, 2.24) is 0 Å². The monoisotopic (exact) mass is 363 g/mol. The summed E-state index contributed by atoms with van der Waals surface area (Å²) in [7, 11) is 0. The first-order chi connectivity index (χ1) is 9.76. The van der Waals surface area contributed by atoms with Gasteiger partial charge >= 0.3 is 6.36 Å². The van der Waals surface area contributed by atoms with Crippen LogP contribution in [0.5, 0.6) is 5.75 Å². The Morgan fingerprint density at radius 1 is 1.10 bits per heavy atom. The summed E-state index contributed by atoms with van der Waals surface area (Å²) in [6, 6.07) is 8.47. The van der Waals surface area contributed by atoms with Gasteiger partial charge in [-0.25, -0.2) is 4.39 Å². The third-order valence-electron chi connectivity index (χ3n) is 2.74. The molecule has 1 atom stereocenters. The van der Waals surface area contributed by atoms with Gasteiger partial charge in [0.1, 0.15) is 11.6 Å². The van der Waals surface area contributed by atoms with Crippen LogP contribution in [-0.2, 0) is 0 Å². The van der Waals surface area contributed by atoms with E-state index >= 15 is 0 Å². The van der Waals surface area contributed by atoms with E-state index in [-0.39, 0.29) is 5.75 Å². The van der Waals surface area contributed by atoms with E-state index in [0.29, 0.717) is 15.6 Å². The lowest BCUT2D eigenvalue weighted by atomic mass is 9.99. The Hall–Kier alpha value is -1.60. The van der Waals surface area contributed by atoms with Gasteiger partial charge in [-0.2, -0.15) is 0 Å². The van der Waals surface area contributed by atoms with Crippen LogP contribution in [0.15, 0.2) is 46.9 Å². The molecule has 2 nitrogen and oxygen atoms in total. The lowest BCUT2D eigenvalue weighted by Crippen LogP contribution is -2.18. The van der Waals surface area contributed by atoms with Gasteiger partial charge in [0, 0.05) is 4.47 Å². The first-order valence-corrected chi connectivity index (χ1v) is 6.62. The van der Waals surface area contributed by atoms with Crippen molar-refractivity contribution in [3.05, 3.63) is 63.9 Å². The summed E-state index contributed by atoms with van der Waals surface area (Å²) in [6.45, 7) is 0. The van der Waals surface area contributed by atoms with Crippen molar-refractivity contribution in [2.75, 3.05) is 0 Å². The maximum atomic E-state index is 13.3. The molecule has 0 bridgehead atoms. The summed E-state index contributed by atoms with van der Waals surface area (Å²) in [5.74, 6) is -0.852. The summed E-state index contributed by atoms with van der Waals surface area (Å²) in [4.78, 5) is 0. The summed E-state index contributed by atoms with van der Waals surface area (Å²) < 4.78 is 54.3. The number of benzene rings is 2. The molecule has 7 heteroatoms. The molecule has 2 aromatic rings. The normalized spacial score (nSPS) is 13.0. The zero-order chi connectivity index (χ0) is 15.6. The van der Waals surface area contributed by atoms with Crippen molar-refractivity contribution in [3.8, 4) is 5.75 Å². The molecule has 21 heavy (non-hydrogen) atoms. The first-order valence-electron chi connectivity index (χ1n) is 5.82. The Bertz CT molecular complexity index is 645. The molecule has 0 aromatic heterocycles. The minimum atomic E-state index is -4.78. The molecule has 2 aromatic carbocycles. The molecule has 0 radical (unpaired) electrons. The minimum absolute atomic E-state index is 0.372. The van der Waals surface area contributed by atoms with Crippen LogP contribution in [0.1, 0.15) is 17.2 Å². The SMILES string of the molecule is NC(c1cccc(OC(F)(F)F)c1)c1cc(F)ccc1Br. The van der Waals surface area contributed by atoms with Gasteiger partial charge < -0.3 is 10.5 Å². The smallest absolute Gasteiger partial charge is 0.406 e. The summed E-state index contributed by atoms with van der Waals surface area (Å²) >= 11 is 3.24. The van der Waals surface area contributed by atoms with Crippen LogP contribution >= 0.6 is 15.9 Å². The quantitative estimate of drug-likeness (QED) is 0.812. The van der Waals surface area contributed by atoms with Gasteiger partial charge in [-0.15, -0.1) is 13.2 Å². The first kappa shape index (κ1) is 15.8. The minimum Gasteiger partial charge on any atom is -0.406 e. The van der Waals surface area contributed by atoms with Crippen LogP contribution in [0.2, 0.25) is 0 Å². The lowest BCUT2D eigenvalue weighted by molar-refractivity contribution is -0.274. The number of hydrogen-bond acceptors (Lipinski definition) is 2. The molecule has 0 aliphatic heterocycles. The summed E-state index contributed by atoms with van der Waals surface area (Å²) in [5, 5.41) is 0. The maximum absolute atomic E-state index is 13.3. The highest BCUT2D eigenvalue weighted by Gasteiger charge is 2.31. The molecule has 0 saturated carbocycles. The number of alkyl halides is 3. The molecule has 112 valence electrons. The fraction of sp³-hybridized carbons (Fsp3) is 0.143. The van der Waals surface area contributed by atoms with Gasteiger partial charge in [0.25, 0.3) is 0 Å². The maximum Gasteiger partial charge on any atom is 0.573 e. The predicted molar refractivity (Wildman–Crippen MR) is 73.3 cm³/mol. The molecule has 1 unspecified atom stereocenters.